The summed E-state index contributed by atoms with van der Waals surface area (Å²) in [6.07, 6.45) is 1.81. The standard InChI is InChI=1S/C24H24N2O2/c1-3-17-25-23(27)21-13-9-19(10-14-21)7-5-6-8-20-11-15-22(16-12-20)24(28)26-18-4-2/h9-16H,3-4,17-18H2,1-2H3,(H,25,27)(H,26,28). The molecule has 2 N–H and O–H groups in total. The van der Waals surface area contributed by atoms with Crippen molar-refractivity contribution in [3.63, 3.8) is 0 Å². The van der Waals surface area contributed by atoms with Crippen molar-refractivity contribution in [2.75, 3.05) is 13.1 Å². The van der Waals surface area contributed by atoms with Gasteiger partial charge in [-0.05, 0) is 73.2 Å². The van der Waals surface area contributed by atoms with Crippen molar-refractivity contribution in [2.24, 2.45) is 0 Å². The van der Waals surface area contributed by atoms with Crippen molar-refractivity contribution in [3.05, 3.63) is 70.8 Å². The number of benzene rings is 2. The molecule has 2 aromatic rings. The molecular weight excluding hydrogens is 348 g/mol. The molecule has 142 valence electrons. The third-order valence-corrected chi connectivity index (χ3v) is 3.84. The van der Waals surface area contributed by atoms with Gasteiger partial charge in [0.1, 0.15) is 0 Å². The van der Waals surface area contributed by atoms with E-state index in [2.05, 4.69) is 34.3 Å². The van der Waals surface area contributed by atoms with Crippen LogP contribution < -0.4 is 10.6 Å². The van der Waals surface area contributed by atoms with E-state index in [9.17, 15) is 9.59 Å². The molecular formula is C24H24N2O2. The third-order valence-electron chi connectivity index (χ3n) is 3.84. The summed E-state index contributed by atoms with van der Waals surface area (Å²) in [5.41, 5.74) is 2.83. The Morgan fingerprint density at radius 3 is 1.36 bits per heavy atom. The van der Waals surface area contributed by atoms with Gasteiger partial charge < -0.3 is 10.6 Å². The minimum Gasteiger partial charge on any atom is -0.352 e. The van der Waals surface area contributed by atoms with Gasteiger partial charge in [-0.3, -0.25) is 9.59 Å². The first-order valence-electron chi connectivity index (χ1n) is 9.42. The highest BCUT2D eigenvalue weighted by Crippen LogP contribution is 2.04. The maximum absolute atomic E-state index is 11.9. The summed E-state index contributed by atoms with van der Waals surface area (Å²) >= 11 is 0. The van der Waals surface area contributed by atoms with Gasteiger partial charge in [-0.15, -0.1) is 0 Å². The number of hydrogen-bond donors (Lipinski definition) is 2. The number of nitrogens with one attached hydrogen (secondary N) is 2. The van der Waals surface area contributed by atoms with Gasteiger partial charge in [0, 0.05) is 35.3 Å². The lowest BCUT2D eigenvalue weighted by molar-refractivity contribution is 0.0945. The van der Waals surface area contributed by atoms with Crippen LogP contribution in [0.2, 0.25) is 0 Å². The number of rotatable bonds is 6. The Morgan fingerprint density at radius 2 is 1.04 bits per heavy atom. The van der Waals surface area contributed by atoms with E-state index in [4.69, 9.17) is 0 Å². The second-order valence-corrected chi connectivity index (χ2v) is 6.17. The lowest BCUT2D eigenvalue weighted by atomic mass is 10.1. The Bertz CT molecular complexity index is 842. The highest BCUT2D eigenvalue weighted by molar-refractivity contribution is 5.94. The first-order chi connectivity index (χ1) is 13.6. The molecule has 0 atom stereocenters. The molecule has 0 heterocycles. The Balaban J connectivity index is 1.95. The van der Waals surface area contributed by atoms with Crippen LogP contribution in [0.4, 0.5) is 0 Å². The summed E-state index contributed by atoms with van der Waals surface area (Å²) < 4.78 is 0. The smallest absolute Gasteiger partial charge is 0.251 e. The maximum atomic E-state index is 11.9. The zero-order valence-corrected chi connectivity index (χ0v) is 16.3. The summed E-state index contributed by atoms with van der Waals surface area (Å²) in [4.78, 5) is 23.7. The minimum absolute atomic E-state index is 0.0760. The van der Waals surface area contributed by atoms with E-state index in [0.29, 0.717) is 24.2 Å². The molecule has 0 saturated heterocycles. The average molecular weight is 372 g/mol. The van der Waals surface area contributed by atoms with Crippen molar-refractivity contribution in [1.29, 1.82) is 0 Å². The Hall–Kier alpha value is -3.50. The lowest BCUT2D eigenvalue weighted by Gasteiger charge is -2.02. The van der Waals surface area contributed by atoms with Crippen LogP contribution in [0.3, 0.4) is 0 Å². The van der Waals surface area contributed by atoms with Gasteiger partial charge in [0.05, 0.1) is 0 Å². The van der Waals surface area contributed by atoms with Crippen LogP contribution in [0.15, 0.2) is 48.5 Å². The van der Waals surface area contributed by atoms with Crippen LogP contribution in [0.1, 0.15) is 58.5 Å². The average Bonchev–Trinajstić information content (AvgIpc) is 2.74. The van der Waals surface area contributed by atoms with E-state index in [1.165, 1.54) is 0 Å². The number of carbonyl (C=O) groups excluding carboxylic acids is 2. The molecule has 2 rings (SSSR count). The van der Waals surface area contributed by atoms with Gasteiger partial charge in [-0.25, -0.2) is 0 Å². The number of hydrogen-bond acceptors (Lipinski definition) is 2. The first kappa shape index (κ1) is 20.8. The largest absolute Gasteiger partial charge is 0.352 e. The Kier molecular flexibility index (Phi) is 8.37. The quantitative estimate of drug-likeness (QED) is 0.764. The van der Waals surface area contributed by atoms with Crippen LogP contribution in [0.25, 0.3) is 0 Å². The van der Waals surface area contributed by atoms with Gasteiger partial charge in [-0.2, -0.15) is 0 Å². The van der Waals surface area contributed by atoms with Crippen molar-refractivity contribution < 1.29 is 9.59 Å². The fourth-order valence-corrected chi connectivity index (χ4v) is 2.30. The Labute approximate surface area is 166 Å². The van der Waals surface area contributed by atoms with Crippen LogP contribution in [-0.4, -0.2) is 24.9 Å². The second-order valence-electron chi connectivity index (χ2n) is 6.17. The number of carbonyl (C=O) groups is 2. The highest BCUT2D eigenvalue weighted by Gasteiger charge is 2.03. The van der Waals surface area contributed by atoms with Crippen LogP contribution >= 0.6 is 0 Å². The predicted molar refractivity (Wildman–Crippen MR) is 112 cm³/mol. The molecule has 0 aliphatic rings. The highest BCUT2D eigenvalue weighted by atomic mass is 16.2. The molecule has 0 bridgehead atoms. The topological polar surface area (TPSA) is 58.2 Å². The van der Waals surface area contributed by atoms with Crippen LogP contribution in [-0.2, 0) is 0 Å². The Morgan fingerprint density at radius 1 is 0.679 bits per heavy atom. The molecule has 0 spiro atoms. The molecule has 4 heteroatoms. The second kappa shape index (κ2) is 11.3. The molecule has 4 nitrogen and oxygen atoms in total. The molecule has 0 fully saturated rings. The molecule has 0 saturated carbocycles. The molecule has 0 unspecified atom stereocenters. The van der Waals surface area contributed by atoms with E-state index in [1.54, 1.807) is 48.5 Å². The van der Waals surface area contributed by atoms with Gasteiger partial charge >= 0.3 is 0 Å². The normalized spacial score (nSPS) is 9.36. The molecule has 2 aromatic carbocycles. The molecule has 28 heavy (non-hydrogen) atoms. The fourth-order valence-electron chi connectivity index (χ4n) is 2.30. The third kappa shape index (κ3) is 6.67. The zero-order chi connectivity index (χ0) is 20.2. The van der Waals surface area contributed by atoms with Crippen molar-refractivity contribution in [2.45, 2.75) is 26.7 Å². The molecule has 2 amide bonds. The fraction of sp³-hybridized carbons (Fsp3) is 0.250. The summed E-state index contributed by atoms with van der Waals surface area (Å²) in [7, 11) is 0. The summed E-state index contributed by atoms with van der Waals surface area (Å²) in [6.45, 7) is 5.36. The van der Waals surface area contributed by atoms with E-state index < -0.39 is 0 Å². The summed E-state index contributed by atoms with van der Waals surface area (Å²) in [5, 5.41) is 5.67. The van der Waals surface area contributed by atoms with Crippen molar-refractivity contribution >= 4 is 11.8 Å². The van der Waals surface area contributed by atoms with E-state index in [0.717, 1.165) is 24.0 Å². The summed E-state index contributed by atoms with van der Waals surface area (Å²) in [6, 6.07) is 14.2. The van der Waals surface area contributed by atoms with Gasteiger partial charge in [0.2, 0.25) is 0 Å². The van der Waals surface area contributed by atoms with Crippen LogP contribution in [0, 0.1) is 23.7 Å². The van der Waals surface area contributed by atoms with Gasteiger partial charge in [0.15, 0.2) is 0 Å². The molecule has 0 radical (unpaired) electrons. The SMILES string of the molecule is CCCNC(=O)c1ccc(C#CC#Cc2ccc(C(=O)NCCC)cc2)cc1. The predicted octanol–water partition coefficient (Wildman–Crippen LogP) is 3.37. The van der Waals surface area contributed by atoms with E-state index in [-0.39, 0.29) is 11.8 Å². The van der Waals surface area contributed by atoms with Crippen molar-refractivity contribution in [3.8, 4) is 23.7 Å². The maximum Gasteiger partial charge on any atom is 0.251 e. The first-order valence-corrected chi connectivity index (χ1v) is 9.42. The van der Waals surface area contributed by atoms with Gasteiger partial charge in [0.25, 0.3) is 11.8 Å². The van der Waals surface area contributed by atoms with E-state index >= 15 is 0 Å². The molecule has 0 aliphatic carbocycles. The molecule has 0 aromatic heterocycles. The lowest BCUT2D eigenvalue weighted by Crippen LogP contribution is -2.23. The van der Waals surface area contributed by atoms with Crippen molar-refractivity contribution in [1.82, 2.24) is 10.6 Å². The van der Waals surface area contributed by atoms with Crippen LogP contribution in [0.5, 0.6) is 0 Å². The number of amides is 2. The van der Waals surface area contributed by atoms with E-state index in [1.807, 2.05) is 13.8 Å². The minimum atomic E-state index is -0.0760. The molecule has 0 aliphatic heterocycles. The zero-order valence-electron chi connectivity index (χ0n) is 16.3. The monoisotopic (exact) mass is 372 g/mol. The van der Waals surface area contributed by atoms with Gasteiger partial charge in [-0.1, -0.05) is 25.7 Å². The summed E-state index contributed by atoms with van der Waals surface area (Å²) in [5.74, 6) is 11.4.